The van der Waals surface area contributed by atoms with E-state index in [1.807, 2.05) is 6.92 Å². The summed E-state index contributed by atoms with van der Waals surface area (Å²) in [5.74, 6) is -0.670. The summed E-state index contributed by atoms with van der Waals surface area (Å²) in [6.07, 6.45) is 5.83. The van der Waals surface area contributed by atoms with Gasteiger partial charge in [-0.05, 0) is 19.8 Å². The Hall–Kier alpha value is -1.03. The highest BCUT2D eigenvalue weighted by atomic mass is 35.5. The van der Waals surface area contributed by atoms with Crippen LogP contribution in [0.4, 0.5) is 0 Å². The largest absolute Gasteiger partial charge is 0.476 e. The molecule has 0 amide bonds. The van der Waals surface area contributed by atoms with Crippen molar-refractivity contribution in [3.8, 4) is 0 Å². The fraction of sp³-hybridized carbons (Fsp3) is 0.667. The minimum Gasteiger partial charge on any atom is -0.476 e. The molecule has 0 atom stereocenters. The molecule has 1 fully saturated rings. The van der Waals surface area contributed by atoms with Gasteiger partial charge in [-0.2, -0.15) is 5.10 Å². The Morgan fingerprint density at radius 3 is 2.65 bits per heavy atom. The van der Waals surface area contributed by atoms with Gasteiger partial charge in [-0.1, -0.05) is 30.9 Å². The number of carbonyl (C=O) groups is 1. The number of aryl methyl sites for hydroxylation is 1. The van der Waals surface area contributed by atoms with Gasteiger partial charge in [0.15, 0.2) is 5.69 Å². The second kappa shape index (κ2) is 5.08. The van der Waals surface area contributed by atoms with E-state index in [2.05, 4.69) is 5.10 Å². The average Bonchev–Trinajstić information content (AvgIpc) is 2.67. The van der Waals surface area contributed by atoms with Crippen molar-refractivity contribution in [2.24, 2.45) is 0 Å². The summed E-state index contributed by atoms with van der Waals surface area (Å²) in [5.41, 5.74) is 0.917. The van der Waals surface area contributed by atoms with Crippen LogP contribution >= 0.6 is 11.6 Å². The number of halogens is 1. The zero-order chi connectivity index (χ0) is 12.4. The van der Waals surface area contributed by atoms with Crippen molar-refractivity contribution in [3.63, 3.8) is 0 Å². The van der Waals surface area contributed by atoms with Gasteiger partial charge in [-0.25, -0.2) is 4.79 Å². The number of aromatic nitrogens is 2. The molecule has 1 saturated carbocycles. The van der Waals surface area contributed by atoms with E-state index in [1.54, 1.807) is 4.68 Å². The molecule has 0 saturated heterocycles. The first-order chi connectivity index (χ1) is 8.15. The van der Waals surface area contributed by atoms with Crippen LogP contribution in [0.3, 0.4) is 0 Å². The molecule has 0 unspecified atom stereocenters. The van der Waals surface area contributed by atoms with Crippen LogP contribution in [0.5, 0.6) is 0 Å². The van der Waals surface area contributed by atoms with Gasteiger partial charge in [0, 0.05) is 12.5 Å². The fourth-order valence-corrected chi connectivity index (χ4v) is 2.97. The van der Waals surface area contributed by atoms with Gasteiger partial charge in [0.05, 0.1) is 10.7 Å². The summed E-state index contributed by atoms with van der Waals surface area (Å²) in [4.78, 5) is 11.0. The summed E-state index contributed by atoms with van der Waals surface area (Å²) in [6, 6.07) is 0. The van der Waals surface area contributed by atoms with E-state index in [-0.39, 0.29) is 5.69 Å². The lowest BCUT2D eigenvalue weighted by Gasteiger charge is -2.22. The summed E-state index contributed by atoms with van der Waals surface area (Å²) in [6.45, 7) is 2.63. The lowest BCUT2D eigenvalue weighted by atomic mass is 9.86. The molecular formula is C12H17ClN2O2. The van der Waals surface area contributed by atoms with Crippen LogP contribution in [0.15, 0.2) is 0 Å². The van der Waals surface area contributed by atoms with Crippen LogP contribution in [0, 0.1) is 0 Å². The zero-order valence-electron chi connectivity index (χ0n) is 9.95. The Morgan fingerprint density at radius 1 is 1.47 bits per heavy atom. The van der Waals surface area contributed by atoms with Crippen molar-refractivity contribution in [2.75, 3.05) is 0 Å². The predicted molar refractivity (Wildman–Crippen MR) is 65.7 cm³/mol. The predicted octanol–water partition coefficient (Wildman–Crippen LogP) is 3.30. The van der Waals surface area contributed by atoms with E-state index in [0.29, 0.717) is 17.5 Å². The van der Waals surface area contributed by atoms with Crippen LogP contribution in [-0.2, 0) is 6.54 Å². The number of nitrogens with zero attached hydrogens (tertiary/aromatic N) is 2. The second-order valence-corrected chi connectivity index (χ2v) is 4.88. The van der Waals surface area contributed by atoms with Gasteiger partial charge in [0.25, 0.3) is 0 Å². The van der Waals surface area contributed by atoms with Gasteiger partial charge in [-0.15, -0.1) is 0 Å². The average molecular weight is 257 g/mol. The molecule has 1 N–H and O–H groups in total. The first-order valence-electron chi connectivity index (χ1n) is 6.14. The third-order valence-electron chi connectivity index (χ3n) is 3.43. The monoisotopic (exact) mass is 256 g/mol. The fourth-order valence-electron chi connectivity index (χ4n) is 2.60. The molecule has 0 radical (unpaired) electrons. The van der Waals surface area contributed by atoms with Gasteiger partial charge in [-0.3, -0.25) is 4.68 Å². The van der Waals surface area contributed by atoms with Crippen LogP contribution < -0.4 is 0 Å². The smallest absolute Gasteiger partial charge is 0.357 e. The Kier molecular flexibility index (Phi) is 3.72. The standard InChI is InChI=1S/C12H17ClN2O2/c1-2-15-11(8-6-4-3-5-7-8)9(13)10(14-15)12(16)17/h8H,2-7H2,1H3,(H,16,17). The Bertz CT molecular complexity index is 422. The molecule has 0 aromatic carbocycles. The topological polar surface area (TPSA) is 55.1 Å². The lowest BCUT2D eigenvalue weighted by Crippen LogP contribution is -2.11. The lowest BCUT2D eigenvalue weighted by molar-refractivity contribution is 0.0689. The van der Waals surface area contributed by atoms with Crippen LogP contribution in [-0.4, -0.2) is 20.9 Å². The first-order valence-corrected chi connectivity index (χ1v) is 6.52. The van der Waals surface area contributed by atoms with Gasteiger partial charge < -0.3 is 5.11 Å². The van der Waals surface area contributed by atoms with Crippen LogP contribution in [0.2, 0.25) is 5.02 Å². The third kappa shape index (κ3) is 2.32. The van der Waals surface area contributed by atoms with Gasteiger partial charge in [0.2, 0.25) is 0 Å². The molecule has 4 nitrogen and oxygen atoms in total. The van der Waals surface area contributed by atoms with Crippen molar-refractivity contribution in [1.82, 2.24) is 9.78 Å². The molecule has 1 aromatic heterocycles. The SMILES string of the molecule is CCn1nc(C(=O)O)c(Cl)c1C1CCCCC1. The van der Waals surface area contributed by atoms with E-state index in [4.69, 9.17) is 16.7 Å². The second-order valence-electron chi connectivity index (χ2n) is 4.50. The molecule has 5 heteroatoms. The molecule has 1 heterocycles. The normalized spacial score (nSPS) is 17.3. The minimum atomic E-state index is -1.04. The van der Waals surface area contributed by atoms with Crippen molar-refractivity contribution < 1.29 is 9.90 Å². The van der Waals surface area contributed by atoms with E-state index in [9.17, 15) is 4.79 Å². The van der Waals surface area contributed by atoms with E-state index in [0.717, 1.165) is 18.5 Å². The molecule has 2 rings (SSSR count). The van der Waals surface area contributed by atoms with Crippen molar-refractivity contribution >= 4 is 17.6 Å². The summed E-state index contributed by atoms with van der Waals surface area (Å²) < 4.78 is 1.75. The molecule has 1 aromatic rings. The van der Waals surface area contributed by atoms with Crippen molar-refractivity contribution in [1.29, 1.82) is 0 Å². The summed E-state index contributed by atoms with van der Waals surface area (Å²) in [5, 5.41) is 13.5. The van der Waals surface area contributed by atoms with Crippen molar-refractivity contribution in [2.45, 2.75) is 51.5 Å². The van der Waals surface area contributed by atoms with Gasteiger partial charge in [0.1, 0.15) is 0 Å². The highest BCUT2D eigenvalue weighted by Crippen LogP contribution is 2.37. The highest BCUT2D eigenvalue weighted by Gasteiger charge is 2.27. The zero-order valence-corrected chi connectivity index (χ0v) is 10.7. The number of hydrogen-bond donors (Lipinski definition) is 1. The maximum absolute atomic E-state index is 11.0. The summed E-state index contributed by atoms with van der Waals surface area (Å²) in [7, 11) is 0. The summed E-state index contributed by atoms with van der Waals surface area (Å²) >= 11 is 6.17. The highest BCUT2D eigenvalue weighted by molar-refractivity contribution is 6.34. The number of aromatic carboxylic acids is 1. The Morgan fingerprint density at radius 2 is 2.12 bits per heavy atom. The maximum Gasteiger partial charge on any atom is 0.357 e. The Labute approximate surface area is 106 Å². The van der Waals surface area contributed by atoms with Gasteiger partial charge >= 0.3 is 5.97 Å². The third-order valence-corrected chi connectivity index (χ3v) is 3.80. The molecular weight excluding hydrogens is 240 g/mol. The van der Waals surface area contributed by atoms with Crippen molar-refractivity contribution in [3.05, 3.63) is 16.4 Å². The Balaban J connectivity index is 2.39. The number of rotatable bonds is 3. The van der Waals surface area contributed by atoms with E-state index in [1.165, 1.54) is 19.3 Å². The minimum absolute atomic E-state index is 0.00547. The quantitative estimate of drug-likeness (QED) is 0.903. The van der Waals surface area contributed by atoms with Crippen LogP contribution in [0.1, 0.15) is 61.1 Å². The molecule has 0 spiro atoms. The molecule has 17 heavy (non-hydrogen) atoms. The maximum atomic E-state index is 11.0. The molecule has 1 aliphatic carbocycles. The molecule has 0 bridgehead atoms. The molecule has 1 aliphatic rings. The van der Waals surface area contributed by atoms with E-state index >= 15 is 0 Å². The van der Waals surface area contributed by atoms with Crippen LogP contribution in [0.25, 0.3) is 0 Å². The molecule has 0 aliphatic heterocycles. The first kappa shape index (κ1) is 12.4. The number of hydrogen-bond acceptors (Lipinski definition) is 2. The molecule has 94 valence electrons. The van der Waals surface area contributed by atoms with E-state index < -0.39 is 5.97 Å². The number of carboxylic acids is 1. The number of carboxylic acid groups (broad SMARTS) is 1.